The van der Waals surface area contributed by atoms with Crippen molar-refractivity contribution in [2.75, 3.05) is 4.90 Å². The highest BCUT2D eigenvalue weighted by Crippen LogP contribution is 2.55. The molecular formula is C54H48N2Si. The standard InChI is InChI=1S/C54H48N2Si/c1-35-20-24-39(25-21-35)55(40-16-13-17-42(32-40)57(5,6)7)52-34-49-53(44-19-12-11-18-43(44)52)45-27-26-41(33-48(45)54(49,3)4)56-50-28-22-36(2)30-46(50)47-31-38(23-29-51(47)56)37-14-9-8-10-15-37/h8-34H,1-7H3. The van der Waals surface area contributed by atoms with Crippen molar-refractivity contribution in [3.63, 3.8) is 0 Å². The van der Waals surface area contributed by atoms with E-state index in [2.05, 4.69) is 221 Å². The van der Waals surface area contributed by atoms with E-state index in [-0.39, 0.29) is 5.41 Å². The van der Waals surface area contributed by atoms with Gasteiger partial charge in [0.15, 0.2) is 0 Å². The average molecular weight is 753 g/mol. The first-order chi connectivity index (χ1) is 27.5. The van der Waals surface area contributed by atoms with Crippen molar-refractivity contribution in [2.45, 2.75) is 52.8 Å². The summed E-state index contributed by atoms with van der Waals surface area (Å²) in [5, 5.41) is 6.58. The van der Waals surface area contributed by atoms with E-state index < -0.39 is 8.07 Å². The maximum absolute atomic E-state index is 2.51. The summed E-state index contributed by atoms with van der Waals surface area (Å²) >= 11 is 0. The van der Waals surface area contributed by atoms with Gasteiger partial charge in [0.05, 0.1) is 24.8 Å². The number of hydrogen-bond acceptors (Lipinski definition) is 1. The molecule has 1 aliphatic rings. The van der Waals surface area contributed by atoms with Gasteiger partial charge in [0.2, 0.25) is 0 Å². The zero-order valence-electron chi connectivity index (χ0n) is 34.0. The van der Waals surface area contributed by atoms with Crippen molar-refractivity contribution in [1.29, 1.82) is 0 Å². The Balaban J connectivity index is 1.18. The van der Waals surface area contributed by atoms with E-state index in [1.165, 1.54) is 105 Å². The van der Waals surface area contributed by atoms with Crippen LogP contribution in [0.5, 0.6) is 0 Å². The molecule has 0 unspecified atom stereocenters. The quantitative estimate of drug-likeness (QED) is 0.154. The van der Waals surface area contributed by atoms with Gasteiger partial charge in [-0.2, -0.15) is 0 Å². The van der Waals surface area contributed by atoms with E-state index in [4.69, 9.17) is 0 Å². The first-order valence-electron chi connectivity index (χ1n) is 20.3. The SMILES string of the molecule is Cc1ccc(N(c2cccc([Si](C)(C)C)c2)c2cc3c(c4ccccc24)-c2ccc(-n4c5ccc(C)cc5c5cc(-c6ccccc6)ccc54)cc2C3(C)C)cc1. The van der Waals surface area contributed by atoms with Crippen LogP contribution in [0.15, 0.2) is 164 Å². The van der Waals surface area contributed by atoms with Crippen LogP contribution in [0.4, 0.5) is 17.1 Å². The molecule has 1 aromatic heterocycles. The molecule has 57 heavy (non-hydrogen) atoms. The van der Waals surface area contributed by atoms with Gasteiger partial charge >= 0.3 is 0 Å². The first kappa shape index (κ1) is 35.3. The Morgan fingerprint density at radius 3 is 1.93 bits per heavy atom. The molecule has 9 aromatic rings. The molecule has 0 aliphatic heterocycles. The summed E-state index contributed by atoms with van der Waals surface area (Å²) in [6.45, 7) is 16.5. The Hall–Kier alpha value is -6.16. The maximum Gasteiger partial charge on any atom is 0.0776 e. The summed E-state index contributed by atoms with van der Waals surface area (Å²) in [6.07, 6.45) is 0. The fraction of sp³-hybridized carbons (Fsp3) is 0.148. The van der Waals surface area contributed by atoms with Crippen LogP contribution in [0.1, 0.15) is 36.1 Å². The summed E-state index contributed by atoms with van der Waals surface area (Å²) in [5.74, 6) is 0. The summed E-state index contributed by atoms with van der Waals surface area (Å²) in [7, 11) is -1.57. The molecule has 0 atom stereocenters. The van der Waals surface area contributed by atoms with Crippen molar-refractivity contribution in [3.8, 4) is 27.9 Å². The molecular weight excluding hydrogens is 705 g/mol. The fourth-order valence-corrected chi connectivity index (χ4v) is 10.5. The summed E-state index contributed by atoms with van der Waals surface area (Å²) in [6, 6.07) is 61.7. The van der Waals surface area contributed by atoms with Crippen LogP contribution in [0.2, 0.25) is 19.6 Å². The van der Waals surface area contributed by atoms with E-state index in [1.54, 1.807) is 0 Å². The minimum absolute atomic E-state index is 0.242. The molecule has 0 saturated carbocycles. The van der Waals surface area contributed by atoms with Crippen molar-refractivity contribution in [2.24, 2.45) is 0 Å². The van der Waals surface area contributed by atoms with Crippen LogP contribution in [-0.4, -0.2) is 12.6 Å². The predicted octanol–water partition coefficient (Wildman–Crippen LogP) is 14.5. The molecule has 0 bridgehead atoms. The first-order valence-corrected chi connectivity index (χ1v) is 23.8. The van der Waals surface area contributed by atoms with E-state index in [0.29, 0.717) is 0 Å². The normalized spacial score (nSPS) is 13.3. The number of nitrogens with zero attached hydrogens (tertiary/aromatic N) is 2. The number of aryl methyl sites for hydroxylation is 2. The van der Waals surface area contributed by atoms with Crippen LogP contribution < -0.4 is 10.1 Å². The molecule has 0 N–H and O–H groups in total. The van der Waals surface area contributed by atoms with Crippen molar-refractivity contribution in [1.82, 2.24) is 4.57 Å². The molecule has 0 saturated heterocycles. The van der Waals surface area contributed by atoms with Gasteiger partial charge in [0.25, 0.3) is 0 Å². The molecule has 278 valence electrons. The van der Waals surface area contributed by atoms with Crippen molar-refractivity contribution in [3.05, 3.63) is 186 Å². The zero-order chi connectivity index (χ0) is 39.2. The second-order valence-electron chi connectivity index (χ2n) is 17.6. The van der Waals surface area contributed by atoms with Crippen LogP contribution in [-0.2, 0) is 5.41 Å². The third kappa shape index (κ3) is 5.67. The lowest BCUT2D eigenvalue weighted by Gasteiger charge is -2.31. The maximum atomic E-state index is 2.51. The van der Waals surface area contributed by atoms with Crippen LogP contribution in [0.25, 0.3) is 60.5 Å². The topological polar surface area (TPSA) is 8.17 Å². The van der Waals surface area contributed by atoms with Gasteiger partial charge in [-0.25, -0.2) is 0 Å². The third-order valence-electron chi connectivity index (χ3n) is 12.4. The Kier molecular flexibility index (Phi) is 8.01. The molecule has 2 nitrogen and oxygen atoms in total. The molecule has 1 aliphatic carbocycles. The lowest BCUT2D eigenvalue weighted by atomic mass is 9.81. The van der Waals surface area contributed by atoms with E-state index >= 15 is 0 Å². The van der Waals surface area contributed by atoms with Gasteiger partial charge in [-0.05, 0) is 119 Å². The Bertz CT molecular complexity index is 3030. The molecule has 0 spiro atoms. The smallest absolute Gasteiger partial charge is 0.0776 e. The fourth-order valence-electron chi connectivity index (χ4n) is 9.33. The van der Waals surface area contributed by atoms with Gasteiger partial charge in [0, 0.05) is 38.6 Å². The second-order valence-corrected chi connectivity index (χ2v) is 22.7. The van der Waals surface area contributed by atoms with Crippen molar-refractivity contribution >= 4 is 62.9 Å². The minimum atomic E-state index is -1.57. The Labute approximate surface area is 337 Å². The Morgan fingerprint density at radius 2 is 1.18 bits per heavy atom. The lowest BCUT2D eigenvalue weighted by Crippen LogP contribution is -2.37. The Morgan fingerprint density at radius 1 is 0.491 bits per heavy atom. The largest absolute Gasteiger partial charge is 0.310 e. The molecule has 0 amide bonds. The van der Waals surface area contributed by atoms with Gasteiger partial charge in [-0.15, -0.1) is 0 Å². The average Bonchev–Trinajstić information content (AvgIpc) is 3.65. The number of fused-ring (bicyclic) bond motifs is 8. The van der Waals surface area contributed by atoms with E-state index in [9.17, 15) is 0 Å². The summed E-state index contributed by atoms with van der Waals surface area (Å²) < 4.78 is 2.48. The number of hydrogen-bond donors (Lipinski definition) is 0. The molecule has 0 radical (unpaired) electrons. The van der Waals surface area contributed by atoms with Gasteiger partial charge < -0.3 is 9.47 Å². The van der Waals surface area contributed by atoms with Gasteiger partial charge in [-0.3, -0.25) is 0 Å². The summed E-state index contributed by atoms with van der Waals surface area (Å²) in [4.78, 5) is 2.50. The number of aromatic nitrogens is 1. The van der Waals surface area contributed by atoms with Crippen LogP contribution >= 0.6 is 0 Å². The number of anilines is 3. The van der Waals surface area contributed by atoms with Crippen LogP contribution in [0.3, 0.4) is 0 Å². The van der Waals surface area contributed by atoms with Crippen LogP contribution in [0, 0.1) is 13.8 Å². The molecule has 8 aromatic carbocycles. The van der Waals surface area contributed by atoms with Crippen molar-refractivity contribution < 1.29 is 0 Å². The molecule has 1 heterocycles. The highest BCUT2D eigenvalue weighted by atomic mass is 28.3. The summed E-state index contributed by atoms with van der Waals surface area (Å²) in [5.41, 5.74) is 17.4. The highest BCUT2D eigenvalue weighted by Gasteiger charge is 2.38. The third-order valence-corrected chi connectivity index (χ3v) is 14.5. The monoisotopic (exact) mass is 752 g/mol. The van der Waals surface area contributed by atoms with Gasteiger partial charge in [-0.1, -0.05) is 147 Å². The predicted molar refractivity (Wildman–Crippen MR) is 248 cm³/mol. The van der Waals surface area contributed by atoms with Gasteiger partial charge in [0.1, 0.15) is 0 Å². The molecule has 10 rings (SSSR count). The van der Waals surface area contributed by atoms with E-state index in [1.807, 2.05) is 0 Å². The second kappa shape index (κ2) is 12.9. The highest BCUT2D eigenvalue weighted by molar-refractivity contribution is 6.88. The number of benzene rings is 8. The zero-order valence-corrected chi connectivity index (χ0v) is 35.0. The molecule has 3 heteroatoms. The molecule has 0 fully saturated rings. The minimum Gasteiger partial charge on any atom is -0.310 e. The lowest BCUT2D eigenvalue weighted by molar-refractivity contribution is 0.660. The van der Waals surface area contributed by atoms with E-state index in [0.717, 1.165) is 0 Å². The number of rotatable bonds is 6.